The van der Waals surface area contributed by atoms with Crippen LogP contribution in [0.2, 0.25) is 0 Å². The Bertz CT molecular complexity index is 766. The van der Waals surface area contributed by atoms with E-state index in [1.54, 1.807) is 4.90 Å². The first-order valence-electron chi connectivity index (χ1n) is 8.93. The van der Waals surface area contributed by atoms with Gasteiger partial charge in [0.05, 0.1) is 13.2 Å². The van der Waals surface area contributed by atoms with Crippen molar-refractivity contribution in [1.82, 2.24) is 25.3 Å². The summed E-state index contributed by atoms with van der Waals surface area (Å²) < 4.78 is 11.4. The topological polar surface area (TPSA) is 97.1 Å². The molecule has 0 saturated carbocycles. The fourth-order valence-electron chi connectivity index (χ4n) is 3.40. The van der Waals surface area contributed by atoms with Gasteiger partial charge in [0.25, 0.3) is 5.91 Å². The van der Waals surface area contributed by atoms with Crippen LogP contribution >= 0.6 is 0 Å². The van der Waals surface area contributed by atoms with Crippen molar-refractivity contribution in [2.24, 2.45) is 0 Å². The fraction of sp³-hybridized carbons (Fsp3) is 0.647. The Hall–Kier alpha value is -2.22. The van der Waals surface area contributed by atoms with E-state index in [2.05, 4.69) is 20.4 Å². The summed E-state index contributed by atoms with van der Waals surface area (Å²) in [6.45, 7) is 5.38. The number of aromatic amines is 1. The van der Waals surface area contributed by atoms with Crippen molar-refractivity contribution < 1.29 is 13.9 Å². The number of fused-ring (bicyclic) bond motifs is 1. The van der Waals surface area contributed by atoms with Crippen molar-refractivity contribution >= 4 is 5.91 Å². The highest BCUT2D eigenvalue weighted by Gasteiger charge is 2.32. The third-order valence-electron chi connectivity index (χ3n) is 4.84. The Morgan fingerprint density at radius 1 is 1.28 bits per heavy atom. The van der Waals surface area contributed by atoms with Crippen molar-refractivity contribution in [3.63, 3.8) is 0 Å². The van der Waals surface area contributed by atoms with Gasteiger partial charge >= 0.3 is 0 Å². The minimum Gasteiger partial charge on any atom is -0.422 e. The molecule has 0 bridgehead atoms. The van der Waals surface area contributed by atoms with E-state index in [1.165, 1.54) is 0 Å². The molecule has 2 aromatic heterocycles. The molecule has 1 fully saturated rings. The molecule has 1 saturated heterocycles. The van der Waals surface area contributed by atoms with Crippen molar-refractivity contribution in [3.8, 4) is 0 Å². The molecule has 4 rings (SSSR count). The maximum Gasteiger partial charge on any atom is 0.274 e. The largest absolute Gasteiger partial charge is 0.422 e. The van der Waals surface area contributed by atoms with E-state index >= 15 is 0 Å². The molecule has 25 heavy (non-hydrogen) atoms. The van der Waals surface area contributed by atoms with Gasteiger partial charge in [-0.1, -0.05) is 13.8 Å². The number of carbonyl (C=O) groups excluding carboxylic acids is 1. The number of aromatic nitrogens is 4. The van der Waals surface area contributed by atoms with Crippen molar-refractivity contribution in [3.05, 3.63) is 28.7 Å². The third-order valence-corrected chi connectivity index (χ3v) is 4.84. The number of rotatable bonds is 3. The van der Waals surface area contributed by atoms with Crippen molar-refractivity contribution in [1.29, 1.82) is 0 Å². The van der Waals surface area contributed by atoms with Gasteiger partial charge < -0.3 is 14.1 Å². The average Bonchev–Trinajstić information content (AvgIpc) is 3.28. The number of hydrogen-bond acceptors (Lipinski definition) is 6. The van der Waals surface area contributed by atoms with Gasteiger partial charge in [0.15, 0.2) is 11.8 Å². The van der Waals surface area contributed by atoms with Crippen molar-refractivity contribution in [2.75, 3.05) is 19.7 Å². The van der Waals surface area contributed by atoms with Gasteiger partial charge in [0.1, 0.15) is 0 Å². The lowest BCUT2D eigenvalue weighted by molar-refractivity contribution is -0.0353. The molecule has 3 heterocycles. The van der Waals surface area contributed by atoms with Crippen LogP contribution in [0.15, 0.2) is 4.42 Å². The van der Waals surface area contributed by atoms with E-state index in [4.69, 9.17) is 9.15 Å². The van der Waals surface area contributed by atoms with Crippen LogP contribution in [0.5, 0.6) is 0 Å². The van der Waals surface area contributed by atoms with E-state index in [9.17, 15) is 4.79 Å². The maximum atomic E-state index is 12.9. The van der Waals surface area contributed by atoms with Crippen LogP contribution in [0.4, 0.5) is 0 Å². The molecule has 2 aliphatic rings. The highest BCUT2D eigenvalue weighted by molar-refractivity contribution is 5.94. The Morgan fingerprint density at radius 2 is 2.12 bits per heavy atom. The van der Waals surface area contributed by atoms with Gasteiger partial charge in [-0.15, -0.1) is 10.2 Å². The van der Waals surface area contributed by atoms with Crippen LogP contribution in [0.25, 0.3) is 0 Å². The van der Waals surface area contributed by atoms with Crippen LogP contribution in [-0.2, 0) is 17.6 Å². The van der Waals surface area contributed by atoms with Crippen molar-refractivity contribution in [2.45, 2.75) is 51.6 Å². The Kier molecular flexibility index (Phi) is 4.29. The zero-order valence-electron chi connectivity index (χ0n) is 14.6. The summed E-state index contributed by atoms with van der Waals surface area (Å²) in [6, 6.07) is 0. The zero-order valence-corrected chi connectivity index (χ0v) is 14.6. The van der Waals surface area contributed by atoms with Crippen LogP contribution in [0.3, 0.4) is 0 Å². The average molecular weight is 345 g/mol. The number of H-pyrrole nitrogens is 1. The second-order valence-electron chi connectivity index (χ2n) is 6.98. The zero-order chi connectivity index (χ0) is 17.4. The first-order chi connectivity index (χ1) is 12.1. The minimum absolute atomic E-state index is 0.0451. The molecule has 0 radical (unpaired) electrons. The first kappa shape index (κ1) is 16.3. The smallest absolute Gasteiger partial charge is 0.274 e. The van der Waals surface area contributed by atoms with E-state index in [-0.39, 0.29) is 17.9 Å². The monoisotopic (exact) mass is 345 g/mol. The Morgan fingerprint density at radius 3 is 2.92 bits per heavy atom. The van der Waals surface area contributed by atoms with Crippen LogP contribution in [0, 0.1) is 0 Å². The molecule has 0 aromatic carbocycles. The molecule has 134 valence electrons. The number of amides is 1. The highest BCUT2D eigenvalue weighted by Crippen LogP contribution is 2.27. The summed E-state index contributed by atoms with van der Waals surface area (Å²) in [4.78, 5) is 14.7. The van der Waals surface area contributed by atoms with Crippen LogP contribution < -0.4 is 0 Å². The molecule has 0 spiro atoms. The number of aryl methyl sites for hydroxylation is 1. The number of hydrogen-bond donors (Lipinski definition) is 1. The summed E-state index contributed by atoms with van der Waals surface area (Å²) in [7, 11) is 0. The fourth-order valence-corrected chi connectivity index (χ4v) is 3.40. The summed E-state index contributed by atoms with van der Waals surface area (Å²) in [6.07, 6.45) is 3.77. The lowest BCUT2D eigenvalue weighted by Crippen LogP contribution is -2.42. The number of morpholine rings is 1. The van der Waals surface area contributed by atoms with Gasteiger partial charge in [0, 0.05) is 23.7 Å². The van der Waals surface area contributed by atoms with Crippen LogP contribution in [0.1, 0.15) is 72.2 Å². The molecule has 8 nitrogen and oxygen atoms in total. The lowest BCUT2D eigenvalue weighted by atomic mass is 9.95. The van der Waals surface area contributed by atoms with Crippen LogP contribution in [-0.4, -0.2) is 50.9 Å². The molecule has 8 heteroatoms. The SMILES string of the molecule is CC(C)c1nnc(C2CN(C(=O)c3n[nH]c4c3CCCC4)CCO2)o1. The minimum atomic E-state index is -0.382. The Labute approximate surface area is 145 Å². The molecule has 1 aliphatic carbocycles. The standard InChI is InChI=1S/C17H23N5O3/c1-10(2)15-20-21-16(25-15)13-9-22(7-8-24-13)17(23)14-11-5-3-4-6-12(11)18-19-14/h10,13H,3-9H2,1-2H3,(H,18,19). The highest BCUT2D eigenvalue weighted by atomic mass is 16.5. The van der Waals surface area contributed by atoms with Gasteiger partial charge in [-0.3, -0.25) is 9.89 Å². The normalized spacial score (nSPS) is 20.8. The second kappa shape index (κ2) is 6.59. The third kappa shape index (κ3) is 3.06. The summed E-state index contributed by atoms with van der Waals surface area (Å²) in [5, 5.41) is 15.5. The van der Waals surface area contributed by atoms with Gasteiger partial charge in [-0.2, -0.15) is 5.10 Å². The Balaban J connectivity index is 1.50. The summed E-state index contributed by atoms with van der Waals surface area (Å²) >= 11 is 0. The quantitative estimate of drug-likeness (QED) is 0.914. The van der Waals surface area contributed by atoms with Gasteiger partial charge in [-0.25, -0.2) is 0 Å². The van der Waals surface area contributed by atoms with E-state index in [1.807, 2.05) is 13.8 Å². The van der Waals surface area contributed by atoms with E-state index < -0.39 is 0 Å². The summed E-state index contributed by atoms with van der Waals surface area (Å²) in [5.74, 6) is 1.14. The molecule has 2 aromatic rings. The molecule has 1 unspecified atom stereocenters. The maximum absolute atomic E-state index is 12.9. The molecular weight excluding hydrogens is 322 g/mol. The van der Waals surface area contributed by atoms with E-state index in [0.717, 1.165) is 36.9 Å². The molecule has 1 amide bonds. The van der Waals surface area contributed by atoms with Gasteiger partial charge in [-0.05, 0) is 25.7 Å². The first-order valence-corrected chi connectivity index (χ1v) is 8.93. The molecular formula is C17H23N5O3. The van der Waals surface area contributed by atoms with Gasteiger partial charge in [0.2, 0.25) is 11.8 Å². The lowest BCUT2D eigenvalue weighted by Gasteiger charge is -2.31. The summed E-state index contributed by atoms with van der Waals surface area (Å²) in [5.41, 5.74) is 2.75. The molecule has 1 aliphatic heterocycles. The molecule has 1 N–H and O–H groups in total. The number of carbonyl (C=O) groups is 1. The second-order valence-corrected chi connectivity index (χ2v) is 6.98. The number of ether oxygens (including phenoxy) is 1. The number of nitrogens with zero attached hydrogens (tertiary/aromatic N) is 4. The van der Waals surface area contributed by atoms with E-state index in [0.29, 0.717) is 37.2 Å². The predicted molar refractivity (Wildman–Crippen MR) is 88.2 cm³/mol. The predicted octanol–water partition coefficient (Wildman–Crippen LogP) is 2.01. The molecule has 1 atom stereocenters. The number of nitrogens with one attached hydrogen (secondary N) is 1.